The van der Waals surface area contributed by atoms with Crippen molar-refractivity contribution in [2.75, 3.05) is 13.2 Å². The molecule has 13 heteroatoms. The number of hydrogen-bond acceptors (Lipinski definition) is 10. The highest BCUT2D eigenvalue weighted by Crippen LogP contribution is 2.12. The van der Waals surface area contributed by atoms with E-state index < -0.39 is 35.2 Å². The number of ether oxygens (including phenoxy) is 2. The van der Waals surface area contributed by atoms with Crippen LogP contribution in [0.2, 0.25) is 0 Å². The van der Waals surface area contributed by atoms with Gasteiger partial charge < -0.3 is 9.47 Å². The highest BCUT2D eigenvalue weighted by Gasteiger charge is 2.33. The third-order valence-electron chi connectivity index (χ3n) is 4.13. The Hall–Kier alpha value is -2.73. The van der Waals surface area contributed by atoms with Crippen molar-refractivity contribution in [1.29, 1.82) is 0 Å². The van der Waals surface area contributed by atoms with Gasteiger partial charge in [-0.25, -0.2) is 9.59 Å². The van der Waals surface area contributed by atoms with Gasteiger partial charge in [-0.05, 0) is 12.8 Å². The number of unbranched alkanes of at least 4 members (excludes halogenated alkanes) is 4. The van der Waals surface area contributed by atoms with E-state index in [1.807, 2.05) is 6.92 Å². The zero-order valence-electron chi connectivity index (χ0n) is 18.9. The van der Waals surface area contributed by atoms with Crippen LogP contribution in [0, 0.1) is 0 Å². The van der Waals surface area contributed by atoms with Crippen molar-refractivity contribution >= 4 is 46.8 Å². The maximum atomic E-state index is 11.1. The topological polar surface area (TPSA) is 157 Å². The fourth-order valence-electron chi connectivity index (χ4n) is 2.34. The van der Waals surface area contributed by atoms with E-state index >= 15 is 0 Å². The summed E-state index contributed by atoms with van der Waals surface area (Å²) in [6.07, 6.45) is 5.30. The summed E-state index contributed by atoms with van der Waals surface area (Å²) >= 11 is 4.90. The minimum absolute atomic E-state index is 0.0853. The SMILES string of the molecule is CCCCCOC(=O)Cl.CCCCCOC(=O)ON1C(=O)CCC1=O.O=C1CCC(=O)N1O. The summed E-state index contributed by atoms with van der Waals surface area (Å²) in [5, 5.41) is 9.04. The number of amides is 4. The van der Waals surface area contributed by atoms with Gasteiger partial charge in [0.2, 0.25) is 0 Å². The van der Waals surface area contributed by atoms with Crippen LogP contribution in [-0.4, -0.2) is 63.8 Å². The number of nitrogens with zero attached hydrogens (tertiary/aromatic N) is 2. The van der Waals surface area contributed by atoms with E-state index in [4.69, 9.17) is 21.5 Å². The van der Waals surface area contributed by atoms with E-state index in [0.29, 0.717) is 11.7 Å². The molecular weight excluding hydrogens is 464 g/mol. The van der Waals surface area contributed by atoms with Crippen LogP contribution in [0.3, 0.4) is 0 Å². The molecule has 0 aromatic heterocycles. The van der Waals surface area contributed by atoms with E-state index in [1.54, 1.807) is 0 Å². The maximum Gasteiger partial charge on any atom is 0.533 e. The van der Waals surface area contributed by atoms with Crippen molar-refractivity contribution < 1.29 is 48.3 Å². The van der Waals surface area contributed by atoms with Gasteiger partial charge in [-0.3, -0.25) is 29.2 Å². The maximum absolute atomic E-state index is 11.1. The van der Waals surface area contributed by atoms with Crippen molar-refractivity contribution in [3.8, 4) is 0 Å². The van der Waals surface area contributed by atoms with Crippen molar-refractivity contribution in [2.45, 2.75) is 78.1 Å². The third-order valence-corrected chi connectivity index (χ3v) is 4.24. The van der Waals surface area contributed by atoms with Crippen LogP contribution in [0.15, 0.2) is 0 Å². The second-order valence-corrected chi connectivity index (χ2v) is 7.18. The first-order valence-corrected chi connectivity index (χ1v) is 11.1. The summed E-state index contributed by atoms with van der Waals surface area (Å²) in [5.74, 6) is -2.02. The van der Waals surface area contributed by atoms with Gasteiger partial charge in [0.1, 0.15) is 0 Å². The zero-order valence-corrected chi connectivity index (χ0v) is 19.6. The minimum Gasteiger partial charge on any atom is -0.454 e. The van der Waals surface area contributed by atoms with Crippen LogP contribution in [-0.2, 0) is 33.5 Å². The smallest absolute Gasteiger partial charge is 0.454 e. The monoisotopic (exact) mass is 494 g/mol. The number of carbonyl (C=O) groups is 6. The molecule has 0 unspecified atom stereocenters. The lowest BCUT2D eigenvalue weighted by molar-refractivity contribution is -0.177. The molecule has 0 spiro atoms. The molecule has 0 aromatic carbocycles. The molecule has 0 bridgehead atoms. The summed E-state index contributed by atoms with van der Waals surface area (Å²) in [6.45, 7) is 4.81. The molecule has 0 radical (unpaired) electrons. The lowest BCUT2D eigenvalue weighted by Gasteiger charge is -2.12. The van der Waals surface area contributed by atoms with Gasteiger partial charge in [0.15, 0.2) is 0 Å². The third kappa shape index (κ3) is 14.1. The van der Waals surface area contributed by atoms with Crippen LogP contribution in [0.25, 0.3) is 0 Å². The standard InChI is InChI=1S/C10H15NO5.C6H11ClO2.C4H5NO3/c1-2-3-4-7-15-10(14)16-11-8(12)5-6-9(11)13;1-2-3-4-5-9-6(7)8;6-3-1-2-4(7)5(3)8/h2-7H2,1H3;2-5H2,1H3;8H,1-2H2. The first kappa shape index (κ1) is 30.3. The predicted molar refractivity (Wildman–Crippen MR) is 113 cm³/mol. The van der Waals surface area contributed by atoms with Crippen molar-refractivity contribution in [3.63, 3.8) is 0 Å². The molecule has 2 heterocycles. The van der Waals surface area contributed by atoms with Gasteiger partial charge in [0.25, 0.3) is 23.6 Å². The Labute approximate surface area is 197 Å². The highest BCUT2D eigenvalue weighted by molar-refractivity contribution is 6.61. The number of carbonyl (C=O) groups excluding carboxylic acids is 6. The Balaban J connectivity index is 0.000000510. The van der Waals surface area contributed by atoms with E-state index in [0.717, 1.165) is 38.5 Å². The van der Waals surface area contributed by atoms with Crippen LogP contribution < -0.4 is 0 Å². The Morgan fingerprint density at radius 2 is 1.21 bits per heavy atom. The Morgan fingerprint density at radius 1 is 0.788 bits per heavy atom. The molecule has 2 saturated heterocycles. The minimum atomic E-state index is -1.00. The molecule has 2 aliphatic rings. The number of hydroxylamine groups is 4. The van der Waals surface area contributed by atoms with Gasteiger partial charge in [-0.1, -0.05) is 44.6 Å². The molecule has 2 aliphatic heterocycles. The van der Waals surface area contributed by atoms with E-state index in [2.05, 4.69) is 16.5 Å². The molecule has 2 fully saturated rings. The molecule has 1 N–H and O–H groups in total. The molecule has 0 aromatic rings. The fourth-order valence-corrected chi connectivity index (χ4v) is 2.41. The van der Waals surface area contributed by atoms with Crippen LogP contribution in [0.5, 0.6) is 0 Å². The quantitative estimate of drug-likeness (QED) is 0.165. The first-order valence-electron chi connectivity index (χ1n) is 10.7. The lowest BCUT2D eigenvalue weighted by Crippen LogP contribution is -2.32. The second-order valence-electron chi connectivity index (χ2n) is 6.87. The molecule has 0 atom stereocenters. The van der Waals surface area contributed by atoms with Gasteiger partial charge in [-0.2, -0.15) is 5.06 Å². The number of hydrogen-bond donors (Lipinski definition) is 1. The van der Waals surface area contributed by atoms with Gasteiger partial charge >= 0.3 is 11.6 Å². The molecule has 33 heavy (non-hydrogen) atoms. The molecular formula is C20H31ClN2O10. The van der Waals surface area contributed by atoms with Crippen molar-refractivity contribution in [1.82, 2.24) is 10.1 Å². The summed E-state index contributed by atoms with van der Waals surface area (Å²) in [7, 11) is 0. The molecule has 4 amide bonds. The van der Waals surface area contributed by atoms with Crippen LogP contribution in [0.1, 0.15) is 78.1 Å². The molecule has 0 saturated carbocycles. The molecule has 12 nitrogen and oxygen atoms in total. The number of rotatable bonds is 9. The van der Waals surface area contributed by atoms with Gasteiger partial charge in [-0.15, -0.1) is 0 Å². The molecule has 188 valence electrons. The first-order chi connectivity index (χ1) is 15.6. The average molecular weight is 495 g/mol. The Morgan fingerprint density at radius 3 is 1.58 bits per heavy atom. The lowest BCUT2D eigenvalue weighted by atomic mass is 10.3. The predicted octanol–water partition coefficient (Wildman–Crippen LogP) is 3.47. The molecule has 0 aliphatic carbocycles. The normalized spacial score (nSPS) is 14.9. The average Bonchev–Trinajstić information content (AvgIpc) is 3.25. The van der Waals surface area contributed by atoms with Crippen molar-refractivity contribution in [3.05, 3.63) is 0 Å². The number of imide groups is 2. The Bertz CT molecular complexity index is 654. The van der Waals surface area contributed by atoms with Gasteiger partial charge in [0.05, 0.1) is 13.2 Å². The summed E-state index contributed by atoms with van der Waals surface area (Å²) < 4.78 is 9.17. The summed E-state index contributed by atoms with van der Waals surface area (Å²) in [6, 6.07) is 0. The summed E-state index contributed by atoms with van der Waals surface area (Å²) in [4.78, 5) is 68.1. The Kier molecular flexibility index (Phi) is 16.3. The molecule has 2 rings (SSSR count). The van der Waals surface area contributed by atoms with E-state index in [1.165, 1.54) is 0 Å². The van der Waals surface area contributed by atoms with E-state index in [-0.39, 0.29) is 37.4 Å². The highest BCUT2D eigenvalue weighted by atomic mass is 35.5. The van der Waals surface area contributed by atoms with E-state index in [9.17, 15) is 28.8 Å². The number of halogens is 1. The second kappa shape index (κ2) is 17.8. The fraction of sp³-hybridized carbons (Fsp3) is 0.700. The van der Waals surface area contributed by atoms with Gasteiger partial charge in [0, 0.05) is 37.3 Å². The van der Waals surface area contributed by atoms with Crippen LogP contribution >= 0.6 is 11.6 Å². The van der Waals surface area contributed by atoms with Crippen molar-refractivity contribution in [2.24, 2.45) is 0 Å². The van der Waals surface area contributed by atoms with Crippen LogP contribution in [0.4, 0.5) is 9.59 Å². The summed E-state index contributed by atoms with van der Waals surface area (Å²) in [5.41, 5.74) is -0.703. The largest absolute Gasteiger partial charge is 0.533 e. The zero-order chi connectivity index (χ0) is 25.2.